The van der Waals surface area contributed by atoms with Crippen LogP contribution in [0, 0.1) is 6.92 Å². The van der Waals surface area contributed by atoms with Crippen LogP contribution in [0.1, 0.15) is 19.4 Å². The van der Waals surface area contributed by atoms with Crippen molar-refractivity contribution < 1.29 is 22.7 Å². The smallest absolute Gasteiger partial charge is 0.324 e. The fraction of sp³-hybridized carbons (Fsp3) is 0.263. The third-order valence-electron chi connectivity index (χ3n) is 3.76. The maximum Gasteiger partial charge on any atom is 0.324 e. The zero-order valence-corrected chi connectivity index (χ0v) is 17.2. The minimum Gasteiger partial charge on any atom is -0.451 e. The molecule has 0 aromatic heterocycles. The number of amides is 1. The largest absolute Gasteiger partial charge is 0.451 e. The highest BCUT2D eigenvalue weighted by Crippen LogP contribution is 2.15. The fourth-order valence-electron chi connectivity index (χ4n) is 2.26. The minimum atomic E-state index is -3.94. The van der Waals surface area contributed by atoms with Gasteiger partial charge in [0.1, 0.15) is 6.04 Å². The molecule has 0 bridgehead atoms. The van der Waals surface area contributed by atoms with Gasteiger partial charge in [0.05, 0.1) is 4.90 Å². The molecule has 0 radical (unpaired) electrons. The number of esters is 1. The van der Waals surface area contributed by atoms with Crippen LogP contribution in [0.15, 0.2) is 53.4 Å². The van der Waals surface area contributed by atoms with Gasteiger partial charge in [-0.05, 0) is 62.7 Å². The second-order valence-corrected chi connectivity index (χ2v) is 8.39. The summed E-state index contributed by atoms with van der Waals surface area (Å²) in [7, 11) is -3.94. The van der Waals surface area contributed by atoms with Crippen molar-refractivity contribution in [1.82, 2.24) is 4.72 Å². The molecule has 1 amide bonds. The van der Waals surface area contributed by atoms with E-state index in [9.17, 15) is 18.0 Å². The standard InChI is InChI=1S/C19H21ClN2O5S/c1-12-5-4-6-16(11-12)21-18(23)14(3)27-19(24)13(2)22-28(25,26)17-9-7-15(20)8-10-17/h4-11,13-14,22H,1-3H3,(H,21,23). The number of anilines is 1. The van der Waals surface area contributed by atoms with Crippen molar-refractivity contribution in [2.24, 2.45) is 0 Å². The van der Waals surface area contributed by atoms with Gasteiger partial charge in [0.2, 0.25) is 10.0 Å². The van der Waals surface area contributed by atoms with Gasteiger partial charge in [-0.2, -0.15) is 4.72 Å². The van der Waals surface area contributed by atoms with Gasteiger partial charge >= 0.3 is 5.97 Å². The Morgan fingerprint density at radius 1 is 1.07 bits per heavy atom. The summed E-state index contributed by atoms with van der Waals surface area (Å²) >= 11 is 5.74. The molecule has 2 atom stereocenters. The summed E-state index contributed by atoms with van der Waals surface area (Å²) in [5.41, 5.74) is 1.54. The van der Waals surface area contributed by atoms with Gasteiger partial charge in [-0.1, -0.05) is 23.7 Å². The van der Waals surface area contributed by atoms with Gasteiger partial charge in [-0.15, -0.1) is 0 Å². The average molecular weight is 425 g/mol. The lowest BCUT2D eigenvalue weighted by Crippen LogP contribution is -2.42. The Balaban J connectivity index is 1.95. The molecular formula is C19H21ClN2O5S. The van der Waals surface area contributed by atoms with E-state index in [0.717, 1.165) is 5.56 Å². The van der Waals surface area contributed by atoms with Crippen LogP contribution in [0.3, 0.4) is 0 Å². The number of hydrogen-bond donors (Lipinski definition) is 2. The van der Waals surface area contributed by atoms with Crippen LogP contribution in [-0.4, -0.2) is 32.4 Å². The Labute approximate surface area is 169 Å². The van der Waals surface area contributed by atoms with Gasteiger partial charge in [0, 0.05) is 10.7 Å². The molecule has 0 spiro atoms. The topological polar surface area (TPSA) is 102 Å². The lowest BCUT2D eigenvalue weighted by Gasteiger charge is -2.18. The molecule has 2 aromatic rings. The number of halogens is 1. The highest BCUT2D eigenvalue weighted by Gasteiger charge is 2.26. The predicted octanol–water partition coefficient (Wildman–Crippen LogP) is 2.89. The summed E-state index contributed by atoms with van der Waals surface area (Å²) in [6, 6.07) is 11.5. The number of aryl methyl sites for hydroxylation is 1. The molecule has 0 heterocycles. The first kappa shape index (κ1) is 21.9. The molecule has 0 fully saturated rings. The van der Waals surface area contributed by atoms with E-state index < -0.39 is 34.0 Å². The van der Waals surface area contributed by atoms with E-state index in [0.29, 0.717) is 10.7 Å². The summed E-state index contributed by atoms with van der Waals surface area (Å²) in [4.78, 5) is 24.3. The van der Waals surface area contributed by atoms with E-state index in [2.05, 4.69) is 10.0 Å². The Hall–Kier alpha value is -2.42. The molecule has 0 aliphatic carbocycles. The minimum absolute atomic E-state index is 0.0400. The van der Waals surface area contributed by atoms with Crippen molar-refractivity contribution in [2.75, 3.05) is 5.32 Å². The third-order valence-corrected chi connectivity index (χ3v) is 5.57. The first-order valence-electron chi connectivity index (χ1n) is 8.44. The van der Waals surface area contributed by atoms with E-state index in [1.54, 1.807) is 18.2 Å². The first-order valence-corrected chi connectivity index (χ1v) is 10.3. The molecule has 0 aliphatic rings. The van der Waals surface area contributed by atoms with Gasteiger partial charge < -0.3 is 10.1 Å². The number of carbonyl (C=O) groups excluding carboxylic acids is 2. The molecule has 2 rings (SSSR count). The molecule has 7 nitrogen and oxygen atoms in total. The first-order chi connectivity index (χ1) is 13.1. The lowest BCUT2D eigenvalue weighted by molar-refractivity contribution is -0.154. The Bertz CT molecular complexity index is 961. The van der Waals surface area contributed by atoms with Crippen LogP contribution >= 0.6 is 11.6 Å². The maximum atomic E-state index is 12.3. The monoisotopic (exact) mass is 424 g/mol. The zero-order valence-electron chi connectivity index (χ0n) is 15.6. The summed E-state index contributed by atoms with van der Waals surface area (Å²) in [5.74, 6) is -1.39. The zero-order chi connectivity index (χ0) is 20.9. The second kappa shape index (κ2) is 9.18. The number of hydrogen-bond acceptors (Lipinski definition) is 5. The van der Waals surface area contributed by atoms with Crippen molar-refractivity contribution in [3.05, 3.63) is 59.1 Å². The van der Waals surface area contributed by atoms with Crippen molar-refractivity contribution in [2.45, 2.75) is 37.8 Å². The SMILES string of the molecule is Cc1cccc(NC(=O)C(C)OC(=O)C(C)NS(=O)(=O)c2ccc(Cl)cc2)c1. The highest BCUT2D eigenvalue weighted by molar-refractivity contribution is 7.89. The van der Waals surface area contributed by atoms with E-state index in [1.165, 1.54) is 38.1 Å². The van der Waals surface area contributed by atoms with Crippen LogP contribution in [-0.2, 0) is 24.3 Å². The fourth-order valence-corrected chi connectivity index (χ4v) is 3.58. The second-order valence-electron chi connectivity index (χ2n) is 6.23. The lowest BCUT2D eigenvalue weighted by atomic mass is 10.2. The molecule has 150 valence electrons. The molecule has 2 aromatic carbocycles. The van der Waals surface area contributed by atoms with E-state index >= 15 is 0 Å². The molecule has 2 unspecified atom stereocenters. The van der Waals surface area contributed by atoms with Crippen LogP contribution in [0.5, 0.6) is 0 Å². The highest BCUT2D eigenvalue weighted by atomic mass is 35.5. The molecular weight excluding hydrogens is 404 g/mol. The van der Waals surface area contributed by atoms with Crippen molar-refractivity contribution in [3.8, 4) is 0 Å². The number of carbonyl (C=O) groups is 2. The van der Waals surface area contributed by atoms with Crippen molar-refractivity contribution in [1.29, 1.82) is 0 Å². The number of rotatable bonds is 7. The Kier molecular flexibility index (Phi) is 7.17. The number of ether oxygens (including phenoxy) is 1. The molecule has 9 heteroatoms. The summed E-state index contributed by atoms with van der Waals surface area (Å²) < 4.78 is 31.9. The summed E-state index contributed by atoms with van der Waals surface area (Å²) in [6.45, 7) is 4.62. The van der Waals surface area contributed by atoms with Crippen LogP contribution in [0.2, 0.25) is 5.02 Å². The van der Waals surface area contributed by atoms with E-state index in [-0.39, 0.29) is 4.90 Å². The molecule has 28 heavy (non-hydrogen) atoms. The maximum absolute atomic E-state index is 12.3. The molecule has 2 N–H and O–H groups in total. The van der Waals surface area contributed by atoms with Crippen molar-refractivity contribution in [3.63, 3.8) is 0 Å². The van der Waals surface area contributed by atoms with Gasteiger partial charge in [0.15, 0.2) is 6.10 Å². The Morgan fingerprint density at radius 2 is 1.71 bits per heavy atom. The van der Waals surface area contributed by atoms with Gasteiger partial charge in [-0.3, -0.25) is 9.59 Å². The van der Waals surface area contributed by atoms with Gasteiger partial charge in [0.25, 0.3) is 5.91 Å². The third kappa shape index (κ3) is 6.05. The quantitative estimate of drug-likeness (QED) is 0.665. The molecule has 0 saturated heterocycles. The van der Waals surface area contributed by atoms with Crippen LogP contribution < -0.4 is 10.0 Å². The van der Waals surface area contributed by atoms with E-state index in [1.807, 2.05) is 13.0 Å². The van der Waals surface area contributed by atoms with Crippen LogP contribution in [0.4, 0.5) is 5.69 Å². The molecule has 0 saturated carbocycles. The van der Waals surface area contributed by atoms with Crippen LogP contribution in [0.25, 0.3) is 0 Å². The Morgan fingerprint density at radius 3 is 2.32 bits per heavy atom. The average Bonchev–Trinajstić information content (AvgIpc) is 2.61. The van der Waals surface area contributed by atoms with Gasteiger partial charge in [-0.25, -0.2) is 8.42 Å². The van der Waals surface area contributed by atoms with Crippen molar-refractivity contribution >= 4 is 39.2 Å². The summed E-state index contributed by atoms with van der Waals surface area (Å²) in [5, 5.41) is 3.03. The number of benzene rings is 2. The number of nitrogens with one attached hydrogen (secondary N) is 2. The number of sulfonamides is 1. The van der Waals surface area contributed by atoms with E-state index in [4.69, 9.17) is 16.3 Å². The predicted molar refractivity (Wildman–Crippen MR) is 107 cm³/mol. The normalized spacial score (nSPS) is 13.4. The summed E-state index contributed by atoms with van der Waals surface area (Å²) in [6.07, 6.45) is -1.10. The molecule has 0 aliphatic heterocycles.